The summed E-state index contributed by atoms with van der Waals surface area (Å²) in [7, 11) is 1.60. The third kappa shape index (κ3) is 2.60. The maximum Gasteiger partial charge on any atom is 0.120 e. The Morgan fingerprint density at radius 3 is 1.95 bits per heavy atom. The summed E-state index contributed by atoms with van der Waals surface area (Å²) in [5.41, 5.74) is 0.683. The average molecular weight is 298 g/mol. The number of hydrogen-bond donors (Lipinski definition) is 1. The van der Waals surface area contributed by atoms with Gasteiger partial charge in [0.2, 0.25) is 0 Å². The molecule has 4 nitrogen and oxygen atoms in total. The highest BCUT2D eigenvalue weighted by Crippen LogP contribution is 2.39. The molecule has 0 fully saturated rings. The van der Waals surface area contributed by atoms with E-state index in [-0.39, 0.29) is 11.7 Å². The Hall–Kier alpha value is -2.62. The fourth-order valence-electron chi connectivity index (χ4n) is 2.55. The number of phenolic OH excluding ortho intramolecular Hbond substituents is 1. The molecule has 2 heterocycles. The fourth-order valence-corrected chi connectivity index (χ4v) is 2.55. The number of hydrogen-bond acceptors (Lipinski definition) is 4. The van der Waals surface area contributed by atoms with E-state index in [1.165, 1.54) is 0 Å². The first-order valence-electron chi connectivity index (χ1n) is 7.08. The zero-order valence-electron chi connectivity index (χ0n) is 12.8. The lowest BCUT2D eigenvalue weighted by molar-refractivity contribution is 0.401. The van der Waals surface area contributed by atoms with Gasteiger partial charge in [0.05, 0.1) is 7.11 Å². The first kappa shape index (κ1) is 14.3. The molecule has 0 saturated heterocycles. The van der Waals surface area contributed by atoms with Crippen molar-refractivity contribution in [2.75, 3.05) is 7.11 Å². The van der Waals surface area contributed by atoms with Crippen LogP contribution in [0.15, 0.2) is 51.3 Å². The van der Waals surface area contributed by atoms with Gasteiger partial charge in [-0.15, -0.1) is 0 Å². The number of furan rings is 2. The molecule has 0 aliphatic heterocycles. The second-order valence-electron chi connectivity index (χ2n) is 5.25. The maximum absolute atomic E-state index is 10.3. The van der Waals surface area contributed by atoms with E-state index < -0.39 is 0 Å². The zero-order valence-corrected chi connectivity index (χ0v) is 12.8. The molecule has 1 N–H and O–H groups in total. The topological polar surface area (TPSA) is 55.7 Å². The van der Waals surface area contributed by atoms with Crippen LogP contribution in [0.3, 0.4) is 0 Å². The predicted molar refractivity (Wildman–Crippen MR) is 82.5 cm³/mol. The minimum atomic E-state index is -0.322. The Bertz CT molecular complexity index is 742. The van der Waals surface area contributed by atoms with E-state index in [9.17, 15) is 5.11 Å². The van der Waals surface area contributed by atoms with E-state index in [4.69, 9.17) is 13.6 Å². The van der Waals surface area contributed by atoms with Gasteiger partial charge in [-0.05, 0) is 56.3 Å². The molecule has 0 saturated carbocycles. The van der Waals surface area contributed by atoms with Crippen LogP contribution in [0, 0.1) is 13.8 Å². The second-order valence-corrected chi connectivity index (χ2v) is 5.25. The standard InChI is InChI=1S/C18H18O4/c1-11-4-8-16(21-11)18(17-9-5-12(2)22-17)14-10-13(20-3)6-7-15(14)19/h4-10,18-19H,1-3H3. The van der Waals surface area contributed by atoms with Gasteiger partial charge in [0.1, 0.15) is 40.5 Å². The largest absolute Gasteiger partial charge is 0.508 e. The van der Waals surface area contributed by atoms with E-state index in [1.807, 2.05) is 38.1 Å². The number of benzene rings is 1. The third-order valence-corrected chi connectivity index (χ3v) is 3.64. The smallest absolute Gasteiger partial charge is 0.120 e. The number of aromatic hydroxyl groups is 1. The predicted octanol–water partition coefficient (Wildman–Crippen LogP) is 4.38. The zero-order chi connectivity index (χ0) is 15.7. The lowest BCUT2D eigenvalue weighted by atomic mass is 9.93. The second kappa shape index (κ2) is 5.64. The molecule has 0 aliphatic rings. The molecule has 0 spiro atoms. The van der Waals surface area contributed by atoms with E-state index in [1.54, 1.807) is 25.3 Å². The van der Waals surface area contributed by atoms with Crippen LogP contribution in [-0.4, -0.2) is 12.2 Å². The Labute approximate surface area is 129 Å². The number of phenols is 1. The van der Waals surface area contributed by atoms with Crippen molar-refractivity contribution in [1.29, 1.82) is 0 Å². The van der Waals surface area contributed by atoms with Crippen molar-refractivity contribution in [2.45, 2.75) is 19.8 Å². The number of aryl methyl sites for hydroxylation is 2. The first-order valence-corrected chi connectivity index (χ1v) is 7.08. The molecular weight excluding hydrogens is 280 g/mol. The van der Waals surface area contributed by atoms with Gasteiger partial charge < -0.3 is 18.7 Å². The van der Waals surface area contributed by atoms with Gasteiger partial charge in [-0.2, -0.15) is 0 Å². The van der Waals surface area contributed by atoms with Crippen molar-refractivity contribution in [3.63, 3.8) is 0 Å². The Kier molecular flexibility index (Phi) is 3.67. The van der Waals surface area contributed by atoms with E-state index >= 15 is 0 Å². The van der Waals surface area contributed by atoms with Crippen LogP contribution in [0.4, 0.5) is 0 Å². The van der Waals surface area contributed by atoms with E-state index in [0.717, 1.165) is 23.0 Å². The van der Waals surface area contributed by atoms with Crippen molar-refractivity contribution in [3.8, 4) is 11.5 Å². The molecule has 0 radical (unpaired) electrons. The lowest BCUT2D eigenvalue weighted by Gasteiger charge is -2.15. The third-order valence-electron chi connectivity index (χ3n) is 3.64. The lowest BCUT2D eigenvalue weighted by Crippen LogP contribution is -2.02. The summed E-state index contributed by atoms with van der Waals surface area (Å²) in [6.07, 6.45) is 0. The van der Waals surface area contributed by atoms with Gasteiger partial charge in [-0.1, -0.05) is 0 Å². The van der Waals surface area contributed by atoms with Crippen LogP contribution in [0.5, 0.6) is 11.5 Å². The molecule has 1 aromatic carbocycles. The summed E-state index contributed by atoms with van der Waals surface area (Å²) < 4.78 is 16.8. The molecule has 3 aromatic rings. The Morgan fingerprint density at radius 1 is 0.909 bits per heavy atom. The fraction of sp³-hybridized carbons (Fsp3) is 0.222. The van der Waals surface area contributed by atoms with Crippen molar-refractivity contribution in [3.05, 3.63) is 71.1 Å². The van der Waals surface area contributed by atoms with Crippen molar-refractivity contribution in [1.82, 2.24) is 0 Å². The summed E-state index contributed by atoms with van der Waals surface area (Å²) >= 11 is 0. The van der Waals surface area contributed by atoms with Crippen LogP contribution in [-0.2, 0) is 0 Å². The molecule has 2 aromatic heterocycles. The van der Waals surface area contributed by atoms with Gasteiger partial charge in [0.15, 0.2) is 0 Å². The molecule has 0 bridgehead atoms. The van der Waals surface area contributed by atoms with E-state index in [2.05, 4.69) is 0 Å². The number of methoxy groups -OCH3 is 1. The Morgan fingerprint density at radius 2 is 1.50 bits per heavy atom. The molecule has 114 valence electrons. The molecule has 0 amide bonds. The summed E-state index contributed by atoms with van der Waals surface area (Å²) in [5.74, 6) is 3.58. The highest BCUT2D eigenvalue weighted by atomic mass is 16.5. The maximum atomic E-state index is 10.3. The van der Waals surface area contributed by atoms with Gasteiger partial charge in [-0.25, -0.2) is 0 Å². The van der Waals surface area contributed by atoms with Crippen LogP contribution >= 0.6 is 0 Å². The highest BCUT2D eigenvalue weighted by molar-refractivity contribution is 5.48. The van der Waals surface area contributed by atoms with Crippen LogP contribution in [0.1, 0.15) is 34.5 Å². The normalized spacial score (nSPS) is 11.1. The molecule has 0 unspecified atom stereocenters. The minimum Gasteiger partial charge on any atom is -0.508 e. The van der Waals surface area contributed by atoms with Gasteiger partial charge in [0.25, 0.3) is 0 Å². The summed E-state index contributed by atoms with van der Waals surface area (Å²) in [6, 6.07) is 12.7. The van der Waals surface area contributed by atoms with Crippen LogP contribution < -0.4 is 4.74 Å². The summed E-state index contributed by atoms with van der Waals surface area (Å²) in [6.45, 7) is 3.78. The number of ether oxygens (including phenoxy) is 1. The van der Waals surface area contributed by atoms with Gasteiger partial charge in [-0.3, -0.25) is 0 Å². The first-order chi connectivity index (χ1) is 10.6. The van der Waals surface area contributed by atoms with E-state index in [0.29, 0.717) is 11.3 Å². The van der Waals surface area contributed by atoms with Crippen LogP contribution in [0.2, 0.25) is 0 Å². The molecule has 0 atom stereocenters. The van der Waals surface area contributed by atoms with Crippen molar-refractivity contribution >= 4 is 0 Å². The Balaban J connectivity index is 2.17. The summed E-state index contributed by atoms with van der Waals surface area (Å²) in [4.78, 5) is 0. The molecule has 22 heavy (non-hydrogen) atoms. The van der Waals surface area contributed by atoms with Crippen LogP contribution in [0.25, 0.3) is 0 Å². The quantitative estimate of drug-likeness (QED) is 0.776. The monoisotopic (exact) mass is 298 g/mol. The molecular formula is C18H18O4. The molecule has 3 rings (SSSR count). The molecule has 0 aliphatic carbocycles. The van der Waals surface area contributed by atoms with Crippen molar-refractivity contribution in [2.24, 2.45) is 0 Å². The van der Waals surface area contributed by atoms with Gasteiger partial charge in [0, 0.05) is 5.56 Å². The highest BCUT2D eigenvalue weighted by Gasteiger charge is 2.26. The average Bonchev–Trinajstić information content (AvgIpc) is 3.11. The molecule has 4 heteroatoms. The minimum absolute atomic E-state index is 0.175. The van der Waals surface area contributed by atoms with Crippen molar-refractivity contribution < 1.29 is 18.7 Å². The van der Waals surface area contributed by atoms with Gasteiger partial charge >= 0.3 is 0 Å². The SMILES string of the molecule is COc1ccc(O)c(C(c2ccc(C)o2)c2ccc(C)o2)c1. The summed E-state index contributed by atoms with van der Waals surface area (Å²) in [5, 5.41) is 10.3. The number of rotatable bonds is 4.